The number of nitrogens with zero attached hydrogens (tertiary/aromatic N) is 1. The standard InChI is InChI=1S/C6H15NO/c1-4-5-6(2)7(3)8/h6,8H,4-5H2,1-3H3. The largest absolute Gasteiger partial charge is 0.314 e. The van der Waals surface area contributed by atoms with Gasteiger partial charge in [0.25, 0.3) is 0 Å². The lowest BCUT2D eigenvalue weighted by Gasteiger charge is -2.15. The van der Waals surface area contributed by atoms with Gasteiger partial charge in [0.2, 0.25) is 0 Å². The van der Waals surface area contributed by atoms with Crippen molar-refractivity contribution in [3.63, 3.8) is 0 Å². The minimum atomic E-state index is 0.306. The Hall–Kier alpha value is -0.0800. The number of hydrogen-bond donors (Lipinski definition) is 1. The monoisotopic (exact) mass is 117 g/mol. The molecule has 0 amide bonds. The van der Waals surface area contributed by atoms with Crippen LogP contribution in [-0.4, -0.2) is 23.4 Å². The molecule has 0 aliphatic rings. The summed E-state index contributed by atoms with van der Waals surface area (Å²) in [6.45, 7) is 4.11. The highest BCUT2D eigenvalue weighted by Crippen LogP contribution is 1.99. The summed E-state index contributed by atoms with van der Waals surface area (Å²) in [6, 6.07) is 0.306. The molecule has 1 atom stereocenters. The molecule has 2 heteroatoms. The second-order valence-corrected chi connectivity index (χ2v) is 2.21. The molecule has 0 fully saturated rings. The summed E-state index contributed by atoms with van der Waals surface area (Å²) in [6.07, 6.45) is 2.19. The Morgan fingerprint density at radius 2 is 2.12 bits per heavy atom. The first kappa shape index (κ1) is 7.92. The zero-order valence-electron chi connectivity index (χ0n) is 5.89. The normalized spacial score (nSPS) is 14.6. The number of hydroxylamine groups is 2. The number of rotatable bonds is 3. The van der Waals surface area contributed by atoms with Crippen molar-refractivity contribution in [1.29, 1.82) is 0 Å². The fourth-order valence-electron chi connectivity index (χ4n) is 0.605. The zero-order chi connectivity index (χ0) is 6.57. The second-order valence-electron chi connectivity index (χ2n) is 2.21. The average Bonchev–Trinajstić information content (AvgIpc) is 1.67. The molecule has 1 unspecified atom stereocenters. The molecule has 0 rings (SSSR count). The van der Waals surface area contributed by atoms with Crippen molar-refractivity contribution in [2.75, 3.05) is 7.05 Å². The molecule has 0 spiro atoms. The highest BCUT2D eigenvalue weighted by atomic mass is 16.5. The quantitative estimate of drug-likeness (QED) is 0.566. The van der Waals surface area contributed by atoms with Crippen LogP contribution in [0.5, 0.6) is 0 Å². The Morgan fingerprint density at radius 1 is 1.62 bits per heavy atom. The van der Waals surface area contributed by atoms with Gasteiger partial charge in [-0.1, -0.05) is 13.3 Å². The molecule has 2 nitrogen and oxygen atoms in total. The van der Waals surface area contributed by atoms with Gasteiger partial charge in [0.15, 0.2) is 0 Å². The maximum absolute atomic E-state index is 8.79. The van der Waals surface area contributed by atoms with Crippen LogP contribution in [-0.2, 0) is 0 Å². The minimum absolute atomic E-state index is 0.306. The van der Waals surface area contributed by atoms with Gasteiger partial charge in [-0.2, -0.15) is 5.06 Å². The van der Waals surface area contributed by atoms with Gasteiger partial charge in [0.1, 0.15) is 0 Å². The Morgan fingerprint density at radius 3 is 2.25 bits per heavy atom. The van der Waals surface area contributed by atoms with E-state index in [0.29, 0.717) is 6.04 Å². The third-order valence-corrected chi connectivity index (χ3v) is 1.34. The van der Waals surface area contributed by atoms with Gasteiger partial charge >= 0.3 is 0 Å². The maximum atomic E-state index is 8.79. The van der Waals surface area contributed by atoms with E-state index in [9.17, 15) is 0 Å². The van der Waals surface area contributed by atoms with Gasteiger partial charge in [-0.15, -0.1) is 0 Å². The highest BCUT2D eigenvalue weighted by Gasteiger charge is 2.01. The van der Waals surface area contributed by atoms with Crippen LogP contribution in [0.15, 0.2) is 0 Å². The lowest BCUT2D eigenvalue weighted by atomic mass is 10.2. The van der Waals surface area contributed by atoms with E-state index >= 15 is 0 Å². The van der Waals surface area contributed by atoms with E-state index in [2.05, 4.69) is 6.92 Å². The summed E-state index contributed by atoms with van der Waals surface area (Å²) in [7, 11) is 1.68. The molecule has 0 bridgehead atoms. The lowest BCUT2D eigenvalue weighted by molar-refractivity contribution is -0.0987. The topological polar surface area (TPSA) is 23.5 Å². The summed E-state index contributed by atoms with van der Waals surface area (Å²) in [4.78, 5) is 0. The van der Waals surface area contributed by atoms with Gasteiger partial charge in [-0.3, -0.25) is 0 Å². The van der Waals surface area contributed by atoms with Gasteiger partial charge in [0.05, 0.1) is 0 Å². The average molecular weight is 117 g/mol. The van der Waals surface area contributed by atoms with E-state index in [1.165, 1.54) is 5.06 Å². The van der Waals surface area contributed by atoms with Crippen LogP contribution < -0.4 is 0 Å². The smallest absolute Gasteiger partial charge is 0.0318 e. The minimum Gasteiger partial charge on any atom is -0.314 e. The molecule has 0 radical (unpaired) electrons. The molecule has 0 heterocycles. The van der Waals surface area contributed by atoms with Crippen LogP contribution in [0.3, 0.4) is 0 Å². The van der Waals surface area contributed by atoms with E-state index in [0.717, 1.165) is 12.8 Å². The van der Waals surface area contributed by atoms with E-state index in [1.807, 2.05) is 6.92 Å². The van der Waals surface area contributed by atoms with E-state index in [4.69, 9.17) is 5.21 Å². The zero-order valence-corrected chi connectivity index (χ0v) is 5.89. The summed E-state index contributed by atoms with van der Waals surface area (Å²) >= 11 is 0. The third kappa shape index (κ3) is 2.99. The van der Waals surface area contributed by atoms with E-state index in [1.54, 1.807) is 7.05 Å². The number of hydrogen-bond acceptors (Lipinski definition) is 2. The van der Waals surface area contributed by atoms with Crippen LogP contribution in [0, 0.1) is 0 Å². The van der Waals surface area contributed by atoms with Gasteiger partial charge in [-0.25, -0.2) is 0 Å². The van der Waals surface area contributed by atoms with Crippen molar-refractivity contribution in [2.45, 2.75) is 32.7 Å². The molecule has 1 N–H and O–H groups in total. The first-order valence-electron chi connectivity index (χ1n) is 3.10. The van der Waals surface area contributed by atoms with Crippen molar-refractivity contribution in [2.24, 2.45) is 0 Å². The van der Waals surface area contributed by atoms with Crippen LogP contribution in [0.25, 0.3) is 0 Å². The van der Waals surface area contributed by atoms with Crippen molar-refractivity contribution < 1.29 is 5.21 Å². The van der Waals surface area contributed by atoms with Crippen LogP contribution in [0.4, 0.5) is 0 Å². The summed E-state index contributed by atoms with van der Waals surface area (Å²) < 4.78 is 0. The van der Waals surface area contributed by atoms with Crippen molar-refractivity contribution in [3.05, 3.63) is 0 Å². The lowest BCUT2D eigenvalue weighted by Crippen LogP contribution is -2.24. The second kappa shape index (κ2) is 3.87. The Kier molecular flexibility index (Phi) is 3.83. The fraction of sp³-hybridized carbons (Fsp3) is 1.00. The predicted octanol–water partition coefficient (Wildman–Crippen LogP) is 1.50. The molecule has 0 aromatic carbocycles. The highest BCUT2D eigenvalue weighted by molar-refractivity contribution is 4.52. The first-order chi connectivity index (χ1) is 3.68. The summed E-state index contributed by atoms with van der Waals surface area (Å²) in [5.41, 5.74) is 0. The molecule has 0 aliphatic heterocycles. The van der Waals surface area contributed by atoms with Gasteiger partial charge in [-0.05, 0) is 13.3 Å². The summed E-state index contributed by atoms with van der Waals surface area (Å²) in [5, 5.41) is 10.0. The Bertz CT molecular complexity index is 54.5. The van der Waals surface area contributed by atoms with E-state index < -0.39 is 0 Å². The first-order valence-corrected chi connectivity index (χ1v) is 3.10. The Labute approximate surface area is 51.1 Å². The predicted molar refractivity (Wildman–Crippen MR) is 33.9 cm³/mol. The molecule has 0 aromatic heterocycles. The molecule has 50 valence electrons. The molecule has 0 aromatic rings. The molecule has 0 aliphatic carbocycles. The van der Waals surface area contributed by atoms with Crippen LogP contribution >= 0.6 is 0 Å². The maximum Gasteiger partial charge on any atom is 0.0318 e. The molecule has 0 saturated carbocycles. The molecule has 0 saturated heterocycles. The van der Waals surface area contributed by atoms with Crippen LogP contribution in [0.2, 0.25) is 0 Å². The molecular formula is C6H15NO. The van der Waals surface area contributed by atoms with Crippen LogP contribution in [0.1, 0.15) is 26.7 Å². The van der Waals surface area contributed by atoms with Gasteiger partial charge in [0, 0.05) is 13.1 Å². The van der Waals surface area contributed by atoms with Gasteiger partial charge < -0.3 is 5.21 Å². The van der Waals surface area contributed by atoms with Crippen molar-refractivity contribution in [1.82, 2.24) is 5.06 Å². The van der Waals surface area contributed by atoms with Crippen molar-refractivity contribution >= 4 is 0 Å². The van der Waals surface area contributed by atoms with E-state index in [-0.39, 0.29) is 0 Å². The third-order valence-electron chi connectivity index (χ3n) is 1.34. The van der Waals surface area contributed by atoms with Crippen molar-refractivity contribution in [3.8, 4) is 0 Å². The summed E-state index contributed by atoms with van der Waals surface area (Å²) in [5.74, 6) is 0. The molecular weight excluding hydrogens is 102 g/mol. The Balaban J connectivity index is 3.17. The molecule has 8 heavy (non-hydrogen) atoms. The fourth-order valence-corrected chi connectivity index (χ4v) is 0.605. The SMILES string of the molecule is CCCC(C)N(C)O.